The highest BCUT2D eigenvalue weighted by molar-refractivity contribution is 7.24. The van der Waals surface area contributed by atoms with Gasteiger partial charge in [0.2, 0.25) is 0 Å². The standard InChI is InChI=1S/C13H12N4O6S2/c1-3-23-13(18)15-14-7(2)10-6-8(16(19)20)12(25-10)9-4-5-11(24-9)17(21)22/h4-6,14H,2-3H2,1H3,(H,15,18). The zero-order chi connectivity index (χ0) is 18.6. The normalized spacial score (nSPS) is 10.1. The highest BCUT2D eigenvalue weighted by Gasteiger charge is 2.24. The van der Waals surface area contributed by atoms with Crippen LogP contribution in [0.1, 0.15) is 11.8 Å². The van der Waals surface area contributed by atoms with Crippen molar-refractivity contribution in [3.05, 3.63) is 49.9 Å². The van der Waals surface area contributed by atoms with Crippen molar-refractivity contribution in [1.29, 1.82) is 0 Å². The Morgan fingerprint density at radius 1 is 1.24 bits per heavy atom. The molecule has 2 heterocycles. The summed E-state index contributed by atoms with van der Waals surface area (Å²) in [5.41, 5.74) is 4.76. The summed E-state index contributed by atoms with van der Waals surface area (Å²) in [5.74, 6) is 0. The first-order valence-electron chi connectivity index (χ1n) is 6.74. The number of nitro groups is 2. The maximum absolute atomic E-state index is 11.3. The summed E-state index contributed by atoms with van der Waals surface area (Å²) in [6, 6.07) is 4.03. The molecule has 0 aliphatic carbocycles. The molecule has 0 aliphatic heterocycles. The lowest BCUT2D eigenvalue weighted by Crippen LogP contribution is -2.36. The third-order valence-electron chi connectivity index (χ3n) is 2.79. The van der Waals surface area contributed by atoms with E-state index in [-0.39, 0.29) is 27.9 Å². The summed E-state index contributed by atoms with van der Waals surface area (Å²) in [7, 11) is 0. The highest BCUT2D eigenvalue weighted by atomic mass is 32.1. The molecule has 25 heavy (non-hydrogen) atoms. The molecular weight excluding hydrogens is 372 g/mol. The number of carbonyl (C=O) groups is 1. The van der Waals surface area contributed by atoms with E-state index in [1.54, 1.807) is 6.92 Å². The molecule has 12 heteroatoms. The Morgan fingerprint density at radius 2 is 1.96 bits per heavy atom. The van der Waals surface area contributed by atoms with Crippen molar-refractivity contribution < 1.29 is 19.4 Å². The zero-order valence-corrected chi connectivity index (χ0v) is 14.4. The molecule has 0 saturated heterocycles. The molecule has 0 aromatic carbocycles. The monoisotopic (exact) mass is 384 g/mol. The van der Waals surface area contributed by atoms with Gasteiger partial charge in [0.15, 0.2) is 0 Å². The topological polar surface area (TPSA) is 137 Å². The van der Waals surface area contributed by atoms with Crippen LogP contribution in [0.5, 0.6) is 0 Å². The van der Waals surface area contributed by atoms with Crippen molar-refractivity contribution in [2.24, 2.45) is 0 Å². The molecule has 132 valence electrons. The molecule has 2 rings (SSSR count). The summed E-state index contributed by atoms with van der Waals surface area (Å²) in [5, 5.41) is 21.9. The van der Waals surface area contributed by atoms with Crippen LogP contribution in [-0.2, 0) is 4.74 Å². The van der Waals surface area contributed by atoms with E-state index in [1.165, 1.54) is 18.2 Å². The number of nitrogens with zero attached hydrogens (tertiary/aromatic N) is 2. The lowest BCUT2D eigenvalue weighted by Gasteiger charge is -2.08. The van der Waals surface area contributed by atoms with Gasteiger partial charge in [-0.15, -0.1) is 11.3 Å². The van der Waals surface area contributed by atoms with Gasteiger partial charge in [0, 0.05) is 12.1 Å². The lowest BCUT2D eigenvalue weighted by atomic mass is 10.3. The number of ether oxygens (including phenoxy) is 1. The van der Waals surface area contributed by atoms with Crippen LogP contribution in [-0.4, -0.2) is 22.5 Å². The largest absolute Gasteiger partial charge is 0.449 e. The minimum atomic E-state index is -0.719. The molecular formula is C13H12N4O6S2. The van der Waals surface area contributed by atoms with Crippen LogP contribution in [0.4, 0.5) is 15.5 Å². The Morgan fingerprint density at radius 3 is 2.52 bits per heavy atom. The second kappa shape index (κ2) is 7.72. The number of amides is 1. The second-order valence-corrected chi connectivity index (χ2v) is 6.54. The minimum absolute atomic E-state index is 0.111. The molecule has 2 N–H and O–H groups in total. The number of nitrogens with one attached hydrogen (secondary N) is 2. The quantitative estimate of drug-likeness (QED) is 0.550. The van der Waals surface area contributed by atoms with Gasteiger partial charge < -0.3 is 4.74 Å². The van der Waals surface area contributed by atoms with Crippen molar-refractivity contribution in [2.45, 2.75) is 6.92 Å². The van der Waals surface area contributed by atoms with Crippen molar-refractivity contribution in [3.63, 3.8) is 0 Å². The molecule has 0 bridgehead atoms. The van der Waals surface area contributed by atoms with Crippen LogP contribution in [0, 0.1) is 20.2 Å². The Balaban J connectivity index is 2.26. The first kappa shape index (κ1) is 18.4. The van der Waals surface area contributed by atoms with Crippen LogP contribution in [0.3, 0.4) is 0 Å². The zero-order valence-electron chi connectivity index (χ0n) is 12.8. The Kier molecular flexibility index (Phi) is 5.67. The average molecular weight is 384 g/mol. The van der Waals surface area contributed by atoms with Crippen molar-refractivity contribution in [3.8, 4) is 9.75 Å². The van der Waals surface area contributed by atoms with E-state index in [2.05, 4.69) is 22.2 Å². The molecule has 0 fully saturated rings. The Labute approximate surface area is 149 Å². The molecule has 2 aromatic rings. The molecule has 1 amide bonds. The van der Waals surface area contributed by atoms with Crippen LogP contribution >= 0.6 is 22.7 Å². The predicted molar refractivity (Wildman–Crippen MR) is 93.3 cm³/mol. The SMILES string of the molecule is C=C(NNC(=O)OCC)c1cc([N+](=O)[O-])c(-c2ccc([N+](=O)[O-])s2)s1. The second-order valence-electron chi connectivity index (χ2n) is 4.43. The first-order valence-corrected chi connectivity index (χ1v) is 8.37. The van der Waals surface area contributed by atoms with Crippen molar-refractivity contribution >= 4 is 45.2 Å². The molecule has 0 atom stereocenters. The van der Waals surface area contributed by atoms with E-state index in [0.29, 0.717) is 9.75 Å². The molecule has 0 spiro atoms. The number of thiophene rings is 2. The van der Waals surface area contributed by atoms with E-state index in [0.717, 1.165) is 22.7 Å². The first-order chi connectivity index (χ1) is 11.8. The van der Waals surface area contributed by atoms with Crippen LogP contribution in [0.25, 0.3) is 15.5 Å². The van der Waals surface area contributed by atoms with Crippen LogP contribution in [0.15, 0.2) is 24.8 Å². The summed E-state index contributed by atoms with van der Waals surface area (Å²) >= 11 is 1.87. The van der Waals surface area contributed by atoms with Crippen LogP contribution in [0.2, 0.25) is 0 Å². The van der Waals surface area contributed by atoms with Gasteiger partial charge in [0.25, 0.3) is 5.69 Å². The van der Waals surface area contributed by atoms with Crippen molar-refractivity contribution in [2.75, 3.05) is 6.61 Å². The lowest BCUT2D eigenvalue weighted by molar-refractivity contribution is -0.383. The van der Waals surface area contributed by atoms with E-state index in [4.69, 9.17) is 0 Å². The molecule has 0 saturated carbocycles. The van der Waals surface area contributed by atoms with Gasteiger partial charge >= 0.3 is 11.1 Å². The van der Waals surface area contributed by atoms with E-state index in [9.17, 15) is 25.0 Å². The molecule has 0 radical (unpaired) electrons. The Bertz CT molecular complexity index is 843. The fraction of sp³-hybridized carbons (Fsp3) is 0.154. The number of hydrogen-bond donors (Lipinski definition) is 2. The molecule has 0 aliphatic rings. The molecule has 0 unspecified atom stereocenters. The summed E-state index contributed by atoms with van der Waals surface area (Å²) < 4.78 is 4.67. The van der Waals surface area contributed by atoms with Gasteiger partial charge in [-0.3, -0.25) is 25.7 Å². The highest BCUT2D eigenvalue weighted by Crippen LogP contribution is 2.44. The van der Waals surface area contributed by atoms with Gasteiger partial charge in [-0.25, -0.2) is 10.2 Å². The van der Waals surface area contributed by atoms with Crippen LogP contribution < -0.4 is 10.9 Å². The average Bonchev–Trinajstić information content (AvgIpc) is 3.19. The fourth-order valence-electron chi connectivity index (χ4n) is 1.75. The molecule has 10 nitrogen and oxygen atoms in total. The van der Waals surface area contributed by atoms with Gasteiger partial charge in [0.05, 0.1) is 31.9 Å². The minimum Gasteiger partial charge on any atom is -0.449 e. The third kappa shape index (κ3) is 4.30. The van der Waals surface area contributed by atoms with E-state index < -0.39 is 15.9 Å². The maximum atomic E-state index is 11.3. The van der Waals surface area contributed by atoms with E-state index in [1.807, 2.05) is 0 Å². The number of carbonyl (C=O) groups excluding carboxylic acids is 1. The summed E-state index contributed by atoms with van der Waals surface area (Å²) in [4.78, 5) is 33.2. The smallest absolute Gasteiger partial charge is 0.425 e. The van der Waals surface area contributed by atoms with Gasteiger partial charge in [-0.05, 0) is 13.0 Å². The van der Waals surface area contributed by atoms with E-state index >= 15 is 0 Å². The third-order valence-corrected chi connectivity index (χ3v) is 5.19. The van der Waals surface area contributed by atoms with Crippen molar-refractivity contribution in [1.82, 2.24) is 10.9 Å². The summed E-state index contributed by atoms with van der Waals surface area (Å²) in [6.07, 6.45) is -0.719. The van der Waals surface area contributed by atoms with Gasteiger partial charge in [0.1, 0.15) is 4.88 Å². The number of rotatable bonds is 7. The number of hydrogen-bond acceptors (Lipinski definition) is 9. The molecule has 2 aromatic heterocycles. The maximum Gasteiger partial charge on any atom is 0.425 e. The summed E-state index contributed by atoms with van der Waals surface area (Å²) in [6.45, 7) is 5.53. The van der Waals surface area contributed by atoms with Gasteiger partial charge in [-0.2, -0.15) is 0 Å². The Hall–Kier alpha value is -2.99. The number of hydrazine groups is 1. The van der Waals surface area contributed by atoms with Gasteiger partial charge in [-0.1, -0.05) is 17.9 Å². The predicted octanol–water partition coefficient (Wildman–Crippen LogP) is 3.51. The fourth-order valence-corrected chi connectivity index (χ4v) is 3.74.